The Bertz CT molecular complexity index is 754. The Balaban J connectivity index is 2.19. The van der Waals surface area contributed by atoms with Gasteiger partial charge in [-0.05, 0) is 26.0 Å². The number of anilines is 1. The molecule has 1 amide bonds. The fourth-order valence-corrected chi connectivity index (χ4v) is 2.37. The summed E-state index contributed by atoms with van der Waals surface area (Å²) in [4.78, 5) is 23.7. The first-order valence-electron chi connectivity index (χ1n) is 7.14. The van der Waals surface area contributed by atoms with Crippen LogP contribution in [0.4, 0.5) is 5.69 Å². The van der Waals surface area contributed by atoms with Crippen LogP contribution < -0.4 is 20.2 Å². The fourth-order valence-electron chi connectivity index (χ4n) is 2.37. The van der Waals surface area contributed by atoms with Gasteiger partial charge in [-0.15, -0.1) is 0 Å². The van der Waals surface area contributed by atoms with Crippen molar-refractivity contribution in [3.63, 3.8) is 0 Å². The Morgan fingerprint density at radius 2 is 1.74 bits per heavy atom. The average Bonchev–Trinajstić information content (AvgIpc) is 2.51. The maximum atomic E-state index is 12.3. The monoisotopic (exact) mass is 316 g/mol. The summed E-state index contributed by atoms with van der Waals surface area (Å²) in [6, 6.07) is 8.18. The first kappa shape index (κ1) is 16.6. The van der Waals surface area contributed by atoms with Gasteiger partial charge in [0, 0.05) is 29.6 Å². The summed E-state index contributed by atoms with van der Waals surface area (Å²) < 4.78 is 12.2. The standard InChI is InChI=1S/C17H20N2O4/c1-11-7-13(20)8-12(2)19(11)10-17(21)18-15-6-5-14(22-3)9-16(15)23-4/h5-9H,10H2,1-4H3,(H,18,21). The predicted molar refractivity (Wildman–Crippen MR) is 88.4 cm³/mol. The SMILES string of the molecule is COc1ccc(NC(=O)Cn2c(C)cc(=O)cc2C)c(OC)c1. The molecule has 0 radical (unpaired) electrons. The number of carbonyl (C=O) groups is 1. The number of nitrogens with zero attached hydrogens (tertiary/aromatic N) is 1. The Labute approximate surface area is 134 Å². The van der Waals surface area contributed by atoms with Crippen molar-refractivity contribution in [2.75, 3.05) is 19.5 Å². The van der Waals surface area contributed by atoms with Crippen LogP contribution in [0.2, 0.25) is 0 Å². The van der Waals surface area contributed by atoms with E-state index in [4.69, 9.17) is 9.47 Å². The summed E-state index contributed by atoms with van der Waals surface area (Å²) in [5.74, 6) is 0.960. The summed E-state index contributed by atoms with van der Waals surface area (Å²) in [6.07, 6.45) is 0. The summed E-state index contributed by atoms with van der Waals surface area (Å²) in [5.41, 5.74) is 1.99. The van der Waals surface area contributed by atoms with Gasteiger partial charge in [-0.3, -0.25) is 9.59 Å². The summed E-state index contributed by atoms with van der Waals surface area (Å²) in [6.45, 7) is 3.72. The molecule has 2 aromatic rings. The third-order valence-corrected chi connectivity index (χ3v) is 3.54. The molecule has 2 rings (SSSR count). The number of pyridine rings is 1. The summed E-state index contributed by atoms with van der Waals surface area (Å²) in [7, 11) is 3.09. The molecular weight excluding hydrogens is 296 g/mol. The Morgan fingerprint density at radius 1 is 1.09 bits per heavy atom. The number of rotatable bonds is 5. The second-order valence-electron chi connectivity index (χ2n) is 5.17. The molecule has 6 nitrogen and oxygen atoms in total. The molecule has 0 aliphatic carbocycles. The molecule has 1 N–H and O–H groups in total. The van der Waals surface area contributed by atoms with E-state index < -0.39 is 0 Å². The number of carbonyl (C=O) groups excluding carboxylic acids is 1. The molecule has 23 heavy (non-hydrogen) atoms. The first-order chi connectivity index (χ1) is 10.9. The number of hydrogen-bond acceptors (Lipinski definition) is 4. The number of methoxy groups -OCH3 is 2. The molecule has 6 heteroatoms. The van der Waals surface area contributed by atoms with E-state index in [0.29, 0.717) is 17.2 Å². The molecule has 0 aliphatic heterocycles. The number of aryl methyl sites for hydroxylation is 2. The van der Waals surface area contributed by atoms with Crippen molar-refractivity contribution >= 4 is 11.6 Å². The van der Waals surface area contributed by atoms with Crippen molar-refractivity contribution in [2.45, 2.75) is 20.4 Å². The van der Waals surface area contributed by atoms with Gasteiger partial charge < -0.3 is 19.4 Å². The van der Waals surface area contributed by atoms with Gasteiger partial charge in [-0.25, -0.2) is 0 Å². The average molecular weight is 316 g/mol. The van der Waals surface area contributed by atoms with Crippen LogP contribution in [0.3, 0.4) is 0 Å². The highest BCUT2D eigenvalue weighted by atomic mass is 16.5. The van der Waals surface area contributed by atoms with Gasteiger partial charge in [0.15, 0.2) is 5.43 Å². The van der Waals surface area contributed by atoms with Crippen molar-refractivity contribution < 1.29 is 14.3 Å². The Kier molecular flexibility index (Phi) is 5.05. The van der Waals surface area contributed by atoms with Gasteiger partial charge >= 0.3 is 0 Å². The smallest absolute Gasteiger partial charge is 0.244 e. The molecule has 1 aromatic heterocycles. The topological polar surface area (TPSA) is 69.6 Å². The first-order valence-corrected chi connectivity index (χ1v) is 7.14. The zero-order valence-corrected chi connectivity index (χ0v) is 13.7. The van der Waals surface area contributed by atoms with Gasteiger partial charge in [0.2, 0.25) is 5.91 Å². The number of hydrogen-bond donors (Lipinski definition) is 1. The zero-order valence-electron chi connectivity index (χ0n) is 13.7. The van der Waals surface area contributed by atoms with Crippen LogP contribution in [0.5, 0.6) is 11.5 Å². The molecule has 0 spiro atoms. The molecule has 122 valence electrons. The minimum atomic E-state index is -0.205. The quantitative estimate of drug-likeness (QED) is 0.917. The van der Waals surface area contributed by atoms with Gasteiger partial charge in [0.25, 0.3) is 0 Å². The molecule has 0 aliphatic rings. The van der Waals surface area contributed by atoms with Crippen LogP contribution in [0.15, 0.2) is 35.1 Å². The molecule has 0 unspecified atom stereocenters. The van der Waals surface area contributed by atoms with E-state index >= 15 is 0 Å². The zero-order chi connectivity index (χ0) is 17.0. The lowest BCUT2D eigenvalue weighted by Gasteiger charge is -2.15. The largest absolute Gasteiger partial charge is 0.497 e. The van der Waals surface area contributed by atoms with Crippen molar-refractivity contribution in [3.05, 3.63) is 51.9 Å². The molecular formula is C17H20N2O4. The lowest BCUT2D eigenvalue weighted by molar-refractivity contribution is -0.116. The third-order valence-electron chi connectivity index (χ3n) is 3.54. The minimum Gasteiger partial charge on any atom is -0.497 e. The van der Waals surface area contributed by atoms with E-state index in [-0.39, 0.29) is 17.9 Å². The van der Waals surface area contributed by atoms with E-state index in [1.165, 1.54) is 19.2 Å². The third kappa shape index (κ3) is 3.91. The molecule has 0 saturated carbocycles. The second-order valence-corrected chi connectivity index (χ2v) is 5.17. The number of nitrogens with one attached hydrogen (secondary N) is 1. The molecule has 0 fully saturated rings. The molecule has 0 bridgehead atoms. The maximum Gasteiger partial charge on any atom is 0.244 e. The highest BCUT2D eigenvalue weighted by Gasteiger charge is 2.11. The van der Waals surface area contributed by atoms with Gasteiger partial charge in [0.05, 0.1) is 19.9 Å². The highest BCUT2D eigenvalue weighted by Crippen LogP contribution is 2.29. The van der Waals surface area contributed by atoms with E-state index in [2.05, 4.69) is 5.32 Å². The van der Waals surface area contributed by atoms with Gasteiger partial charge in [0.1, 0.15) is 18.0 Å². The van der Waals surface area contributed by atoms with E-state index in [1.54, 1.807) is 43.7 Å². The van der Waals surface area contributed by atoms with E-state index in [9.17, 15) is 9.59 Å². The Hall–Kier alpha value is -2.76. The van der Waals surface area contributed by atoms with Crippen LogP contribution in [0.25, 0.3) is 0 Å². The molecule has 0 atom stereocenters. The van der Waals surface area contributed by atoms with Crippen LogP contribution in [0.1, 0.15) is 11.4 Å². The fraction of sp³-hybridized carbons (Fsp3) is 0.294. The maximum absolute atomic E-state index is 12.3. The highest BCUT2D eigenvalue weighted by molar-refractivity contribution is 5.92. The van der Waals surface area contributed by atoms with Crippen LogP contribution in [-0.4, -0.2) is 24.7 Å². The number of amides is 1. The van der Waals surface area contributed by atoms with Crippen molar-refractivity contribution in [3.8, 4) is 11.5 Å². The lowest BCUT2D eigenvalue weighted by atomic mass is 10.2. The minimum absolute atomic E-state index is 0.0616. The molecule has 1 heterocycles. The summed E-state index contributed by atoms with van der Waals surface area (Å²) >= 11 is 0. The van der Waals surface area contributed by atoms with Crippen molar-refractivity contribution in [1.82, 2.24) is 4.57 Å². The van der Waals surface area contributed by atoms with E-state index in [1.807, 2.05) is 0 Å². The number of benzene rings is 1. The van der Waals surface area contributed by atoms with Crippen molar-refractivity contribution in [2.24, 2.45) is 0 Å². The van der Waals surface area contributed by atoms with Crippen LogP contribution in [-0.2, 0) is 11.3 Å². The van der Waals surface area contributed by atoms with Crippen LogP contribution >= 0.6 is 0 Å². The second kappa shape index (κ2) is 7.00. The van der Waals surface area contributed by atoms with Gasteiger partial charge in [-0.2, -0.15) is 0 Å². The van der Waals surface area contributed by atoms with Gasteiger partial charge in [-0.1, -0.05) is 0 Å². The van der Waals surface area contributed by atoms with Crippen molar-refractivity contribution in [1.29, 1.82) is 0 Å². The number of aromatic nitrogens is 1. The predicted octanol–water partition coefficient (Wildman–Crippen LogP) is 2.12. The number of ether oxygens (including phenoxy) is 2. The lowest BCUT2D eigenvalue weighted by Crippen LogP contribution is -2.23. The summed E-state index contributed by atoms with van der Waals surface area (Å²) in [5, 5.41) is 2.81. The van der Waals surface area contributed by atoms with E-state index in [0.717, 1.165) is 11.4 Å². The molecule has 0 saturated heterocycles. The Morgan fingerprint density at radius 3 is 2.30 bits per heavy atom. The molecule has 1 aromatic carbocycles. The van der Waals surface area contributed by atoms with Crippen LogP contribution in [0, 0.1) is 13.8 Å². The normalized spacial score (nSPS) is 10.3.